The Bertz CT molecular complexity index is 842. The molecule has 9 heteroatoms. The van der Waals surface area contributed by atoms with Gasteiger partial charge in [0.15, 0.2) is 0 Å². The van der Waals surface area contributed by atoms with Gasteiger partial charge in [-0.25, -0.2) is 4.39 Å². The van der Waals surface area contributed by atoms with E-state index in [1.807, 2.05) is 0 Å². The summed E-state index contributed by atoms with van der Waals surface area (Å²) in [6.07, 6.45) is 0.642. The van der Waals surface area contributed by atoms with Crippen LogP contribution in [0, 0.1) is 15.9 Å². The number of nitro groups is 1. The van der Waals surface area contributed by atoms with E-state index in [0.29, 0.717) is 24.3 Å². The quantitative estimate of drug-likeness (QED) is 0.390. The Kier molecular flexibility index (Phi) is 7.44. The van der Waals surface area contributed by atoms with E-state index in [1.165, 1.54) is 42.3 Å². The Morgan fingerprint density at radius 3 is 2.50 bits per heavy atom. The van der Waals surface area contributed by atoms with Crippen molar-refractivity contribution in [3.63, 3.8) is 0 Å². The molecule has 0 aliphatic heterocycles. The number of rotatable bonds is 9. The summed E-state index contributed by atoms with van der Waals surface area (Å²) >= 11 is 0. The molecular weight excluding hydrogens is 367 g/mol. The normalized spacial score (nSPS) is 10.2. The smallest absolute Gasteiger partial charge is 0.292 e. The largest absolute Gasteiger partial charge is 0.379 e. The number of hydrogen-bond acceptors (Lipinski definition) is 5. The van der Waals surface area contributed by atoms with Crippen molar-refractivity contribution in [2.24, 2.45) is 0 Å². The number of amides is 2. The average molecular weight is 388 g/mol. The molecule has 0 spiro atoms. The van der Waals surface area contributed by atoms with E-state index >= 15 is 0 Å². The summed E-state index contributed by atoms with van der Waals surface area (Å²) in [7, 11) is 1.52. The Morgan fingerprint density at radius 2 is 1.82 bits per heavy atom. The van der Waals surface area contributed by atoms with Crippen molar-refractivity contribution in [1.29, 1.82) is 0 Å². The first kappa shape index (κ1) is 20.8. The first-order chi connectivity index (χ1) is 13.4. The summed E-state index contributed by atoms with van der Waals surface area (Å²) in [5.41, 5.74) is 0.816. The summed E-state index contributed by atoms with van der Waals surface area (Å²) < 4.78 is 12.9. The van der Waals surface area contributed by atoms with E-state index in [1.54, 1.807) is 18.2 Å². The number of likely N-dealkylation sites (N-methyl/N-ethyl adjacent to an activating group) is 1. The number of halogens is 1. The van der Waals surface area contributed by atoms with Crippen LogP contribution in [0.15, 0.2) is 48.5 Å². The fourth-order valence-corrected chi connectivity index (χ4v) is 2.47. The van der Waals surface area contributed by atoms with Gasteiger partial charge in [-0.1, -0.05) is 12.1 Å². The lowest BCUT2D eigenvalue weighted by molar-refractivity contribution is -0.384. The molecule has 148 valence electrons. The van der Waals surface area contributed by atoms with Gasteiger partial charge in [0, 0.05) is 31.8 Å². The van der Waals surface area contributed by atoms with Crippen LogP contribution in [-0.4, -0.2) is 41.8 Å². The van der Waals surface area contributed by atoms with Crippen molar-refractivity contribution in [3.05, 3.63) is 64.5 Å². The van der Waals surface area contributed by atoms with E-state index in [4.69, 9.17) is 0 Å². The number of nitrogens with zero attached hydrogens (tertiary/aromatic N) is 2. The van der Waals surface area contributed by atoms with Gasteiger partial charge in [0.1, 0.15) is 11.5 Å². The van der Waals surface area contributed by atoms with Crippen LogP contribution < -0.4 is 10.6 Å². The third-order valence-corrected chi connectivity index (χ3v) is 3.92. The van der Waals surface area contributed by atoms with Gasteiger partial charge >= 0.3 is 0 Å². The molecule has 0 radical (unpaired) electrons. The molecule has 0 aromatic heterocycles. The summed E-state index contributed by atoms with van der Waals surface area (Å²) in [5.74, 6) is -1.01. The molecule has 2 aromatic rings. The van der Waals surface area contributed by atoms with Crippen molar-refractivity contribution >= 4 is 28.9 Å². The number of para-hydroxylation sites is 2. The van der Waals surface area contributed by atoms with Crippen molar-refractivity contribution in [1.82, 2.24) is 4.90 Å². The molecule has 0 atom stereocenters. The number of anilines is 2. The zero-order valence-electron chi connectivity index (χ0n) is 15.4. The minimum Gasteiger partial charge on any atom is -0.379 e. The average Bonchev–Trinajstić information content (AvgIpc) is 2.67. The molecule has 2 aromatic carbocycles. The van der Waals surface area contributed by atoms with Gasteiger partial charge in [-0.15, -0.1) is 0 Å². The number of carbonyl (C=O) groups excluding carboxylic acids is 2. The summed E-state index contributed by atoms with van der Waals surface area (Å²) in [6.45, 7) is 0.250. The molecule has 2 rings (SSSR count). The van der Waals surface area contributed by atoms with Crippen LogP contribution in [0.3, 0.4) is 0 Å². The van der Waals surface area contributed by atoms with Crippen molar-refractivity contribution in [3.8, 4) is 0 Å². The maximum atomic E-state index is 12.9. The molecule has 0 saturated carbocycles. The molecule has 28 heavy (non-hydrogen) atoms. The van der Waals surface area contributed by atoms with Gasteiger partial charge in [0.2, 0.25) is 11.8 Å². The maximum Gasteiger partial charge on any atom is 0.292 e. The lowest BCUT2D eigenvalue weighted by atomic mass is 10.2. The van der Waals surface area contributed by atoms with Crippen LogP contribution in [0.25, 0.3) is 0 Å². The number of nitro benzene ring substituents is 1. The number of hydrogen-bond donors (Lipinski definition) is 2. The second-order valence-corrected chi connectivity index (χ2v) is 6.11. The van der Waals surface area contributed by atoms with Gasteiger partial charge in [-0.3, -0.25) is 19.7 Å². The monoisotopic (exact) mass is 388 g/mol. The number of carbonyl (C=O) groups is 2. The second-order valence-electron chi connectivity index (χ2n) is 6.11. The Morgan fingerprint density at radius 1 is 1.14 bits per heavy atom. The van der Waals surface area contributed by atoms with Gasteiger partial charge < -0.3 is 15.5 Å². The summed E-state index contributed by atoms with van der Waals surface area (Å²) in [6, 6.07) is 11.6. The third-order valence-electron chi connectivity index (χ3n) is 3.92. The predicted octanol–water partition coefficient (Wildman–Crippen LogP) is 3.02. The zero-order chi connectivity index (χ0) is 20.5. The second kappa shape index (κ2) is 10.0. The van der Waals surface area contributed by atoms with Crippen LogP contribution in [0.2, 0.25) is 0 Å². The highest BCUT2D eigenvalue weighted by molar-refractivity contribution is 5.94. The first-order valence-corrected chi connectivity index (χ1v) is 8.63. The van der Waals surface area contributed by atoms with Crippen molar-refractivity contribution in [2.75, 3.05) is 30.8 Å². The predicted molar refractivity (Wildman–Crippen MR) is 103 cm³/mol. The van der Waals surface area contributed by atoms with Gasteiger partial charge in [-0.2, -0.15) is 0 Å². The molecule has 0 heterocycles. The molecule has 2 N–H and O–H groups in total. The van der Waals surface area contributed by atoms with E-state index in [2.05, 4.69) is 10.6 Å². The highest BCUT2D eigenvalue weighted by Crippen LogP contribution is 2.23. The molecule has 0 fully saturated rings. The number of benzene rings is 2. The van der Waals surface area contributed by atoms with E-state index in [-0.39, 0.29) is 30.5 Å². The zero-order valence-corrected chi connectivity index (χ0v) is 15.4. The van der Waals surface area contributed by atoms with E-state index < -0.39 is 10.7 Å². The molecule has 0 bridgehead atoms. The molecule has 8 nitrogen and oxygen atoms in total. The molecular formula is C19H21FN4O4. The first-order valence-electron chi connectivity index (χ1n) is 8.63. The highest BCUT2D eigenvalue weighted by Gasteiger charge is 2.14. The molecule has 2 amide bonds. The van der Waals surface area contributed by atoms with Crippen LogP contribution in [0.4, 0.5) is 21.5 Å². The van der Waals surface area contributed by atoms with Gasteiger partial charge in [-0.05, 0) is 36.8 Å². The molecule has 0 aliphatic rings. The SMILES string of the molecule is CN(CC(=O)Nc1ccc(F)cc1)C(=O)CCCNc1ccccc1[N+](=O)[O-]. The van der Waals surface area contributed by atoms with E-state index in [0.717, 1.165) is 0 Å². The standard InChI is InChI=1S/C19H21FN4O4/c1-23(13-18(25)22-15-10-8-14(20)9-11-15)19(26)7-4-12-21-16-5-2-3-6-17(16)24(27)28/h2-3,5-6,8-11,21H,4,7,12-13H2,1H3,(H,22,25). The van der Waals surface area contributed by atoms with Crippen LogP contribution in [0.5, 0.6) is 0 Å². The van der Waals surface area contributed by atoms with Crippen molar-refractivity contribution < 1.29 is 18.9 Å². The lowest BCUT2D eigenvalue weighted by Gasteiger charge is -2.17. The molecule has 0 saturated heterocycles. The fourth-order valence-electron chi connectivity index (χ4n) is 2.47. The Hall–Kier alpha value is -3.49. The Balaban J connectivity index is 1.73. The summed E-state index contributed by atoms with van der Waals surface area (Å²) in [5, 5.41) is 16.5. The topological polar surface area (TPSA) is 105 Å². The van der Waals surface area contributed by atoms with E-state index in [9.17, 15) is 24.1 Å². The van der Waals surface area contributed by atoms with Crippen molar-refractivity contribution in [2.45, 2.75) is 12.8 Å². The fraction of sp³-hybridized carbons (Fsp3) is 0.263. The van der Waals surface area contributed by atoms with Gasteiger partial charge in [0.25, 0.3) is 5.69 Å². The molecule has 0 aliphatic carbocycles. The highest BCUT2D eigenvalue weighted by atomic mass is 19.1. The third kappa shape index (κ3) is 6.35. The maximum absolute atomic E-state index is 12.9. The Labute approximate surface area is 161 Å². The van der Waals surface area contributed by atoms with Crippen LogP contribution in [0.1, 0.15) is 12.8 Å². The minimum atomic E-state index is -0.471. The van der Waals surface area contributed by atoms with Crippen LogP contribution in [-0.2, 0) is 9.59 Å². The number of nitrogens with one attached hydrogen (secondary N) is 2. The summed E-state index contributed by atoms with van der Waals surface area (Å²) in [4.78, 5) is 35.9. The lowest BCUT2D eigenvalue weighted by Crippen LogP contribution is -2.35. The minimum absolute atomic E-state index is 0.0246. The van der Waals surface area contributed by atoms with Crippen LogP contribution >= 0.6 is 0 Å². The molecule has 0 unspecified atom stereocenters. The van der Waals surface area contributed by atoms with Gasteiger partial charge in [0.05, 0.1) is 11.5 Å².